The summed E-state index contributed by atoms with van der Waals surface area (Å²) in [7, 11) is -3.55. The van der Waals surface area contributed by atoms with Gasteiger partial charge in [0.15, 0.2) is 0 Å². The van der Waals surface area contributed by atoms with E-state index in [0.29, 0.717) is 12.2 Å². The minimum atomic E-state index is -3.55. The summed E-state index contributed by atoms with van der Waals surface area (Å²) in [5.41, 5.74) is 6.85. The molecule has 0 amide bonds. The predicted octanol–water partition coefficient (Wildman–Crippen LogP) is 1.92. The van der Waals surface area contributed by atoms with Crippen LogP contribution in [0.5, 0.6) is 0 Å². The molecule has 0 saturated carbocycles. The molecule has 3 N–H and O–H groups in total. The van der Waals surface area contributed by atoms with Crippen molar-refractivity contribution in [2.45, 2.75) is 25.2 Å². The lowest BCUT2D eigenvalue weighted by molar-refractivity contribution is 0.581. The van der Waals surface area contributed by atoms with Crippen LogP contribution in [0.15, 0.2) is 17.0 Å². The molecule has 0 spiro atoms. The summed E-state index contributed by atoms with van der Waals surface area (Å²) in [6.45, 7) is 4.04. The average Bonchev–Trinajstić information content (AvgIpc) is 2.20. The number of aryl methyl sites for hydroxylation is 1. The minimum Gasteiger partial charge on any atom is -0.398 e. The van der Waals surface area contributed by atoms with Crippen molar-refractivity contribution >= 4 is 27.3 Å². The molecule has 0 fully saturated rings. The Labute approximate surface area is 101 Å². The predicted molar refractivity (Wildman–Crippen MR) is 66.1 cm³/mol. The lowest BCUT2D eigenvalue weighted by atomic mass is 10.2. The van der Waals surface area contributed by atoms with Gasteiger partial charge in [-0.1, -0.05) is 18.5 Å². The van der Waals surface area contributed by atoms with Gasteiger partial charge in [-0.25, -0.2) is 13.1 Å². The smallest absolute Gasteiger partial charge is 0.242 e. The van der Waals surface area contributed by atoms with Crippen LogP contribution in [0.2, 0.25) is 5.02 Å². The van der Waals surface area contributed by atoms with Crippen molar-refractivity contribution in [2.24, 2.45) is 0 Å². The molecule has 0 heterocycles. The molecule has 6 heteroatoms. The van der Waals surface area contributed by atoms with Crippen molar-refractivity contribution in [1.29, 1.82) is 0 Å². The monoisotopic (exact) mass is 262 g/mol. The van der Waals surface area contributed by atoms with Crippen LogP contribution >= 0.6 is 11.6 Å². The van der Waals surface area contributed by atoms with E-state index < -0.39 is 10.0 Å². The number of anilines is 1. The topological polar surface area (TPSA) is 72.2 Å². The first kappa shape index (κ1) is 13.3. The van der Waals surface area contributed by atoms with E-state index in [9.17, 15) is 8.42 Å². The maximum atomic E-state index is 11.8. The van der Waals surface area contributed by atoms with Crippen LogP contribution < -0.4 is 10.5 Å². The summed E-state index contributed by atoms with van der Waals surface area (Å²) >= 11 is 5.89. The molecule has 0 atom stereocenters. The van der Waals surface area contributed by atoms with E-state index in [4.69, 9.17) is 17.3 Å². The minimum absolute atomic E-state index is 0.0331. The molecule has 0 unspecified atom stereocenters. The normalized spacial score (nSPS) is 11.7. The molecule has 0 aliphatic carbocycles. The maximum absolute atomic E-state index is 11.8. The SMILES string of the molecule is CCCNS(=O)(=O)c1cc(N)c(C)cc1Cl. The van der Waals surface area contributed by atoms with Gasteiger partial charge in [0.2, 0.25) is 10.0 Å². The number of hydrogen-bond acceptors (Lipinski definition) is 3. The third kappa shape index (κ3) is 2.87. The van der Waals surface area contributed by atoms with Crippen LogP contribution in [0.1, 0.15) is 18.9 Å². The molecule has 4 nitrogen and oxygen atoms in total. The van der Waals surface area contributed by atoms with E-state index in [2.05, 4.69) is 4.72 Å². The molecule has 0 saturated heterocycles. The Morgan fingerprint density at radius 3 is 2.62 bits per heavy atom. The number of nitrogens with one attached hydrogen (secondary N) is 1. The summed E-state index contributed by atoms with van der Waals surface area (Å²) in [5, 5.41) is 0.190. The molecule has 0 radical (unpaired) electrons. The number of nitrogen functional groups attached to an aromatic ring is 1. The van der Waals surface area contributed by atoms with Crippen LogP contribution in [0.3, 0.4) is 0 Å². The van der Waals surface area contributed by atoms with Gasteiger partial charge in [0, 0.05) is 12.2 Å². The lowest BCUT2D eigenvalue weighted by Gasteiger charge is -2.09. The van der Waals surface area contributed by atoms with E-state index in [-0.39, 0.29) is 9.92 Å². The van der Waals surface area contributed by atoms with Gasteiger partial charge in [-0.2, -0.15) is 0 Å². The van der Waals surface area contributed by atoms with Gasteiger partial charge in [0.1, 0.15) is 4.90 Å². The standard InChI is InChI=1S/C10H15ClN2O2S/c1-3-4-13-16(14,15)10-6-9(12)7(2)5-8(10)11/h5-6,13H,3-4,12H2,1-2H3. The Morgan fingerprint density at radius 1 is 1.44 bits per heavy atom. The first-order valence-corrected chi connectivity index (χ1v) is 6.80. The fraction of sp³-hybridized carbons (Fsp3) is 0.400. The first-order chi connectivity index (χ1) is 7.38. The molecule has 16 heavy (non-hydrogen) atoms. The number of hydrogen-bond donors (Lipinski definition) is 2. The second-order valence-electron chi connectivity index (χ2n) is 3.54. The highest BCUT2D eigenvalue weighted by Gasteiger charge is 2.18. The molecule has 1 aromatic rings. The summed E-state index contributed by atoms with van der Waals surface area (Å²) < 4.78 is 26.1. The Kier molecular flexibility index (Phi) is 4.18. The van der Waals surface area contributed by atoms with Gasteiger partial charge in [-0.15, -0.1) is 0 Å². The van der Waals surface area contributed by atoms with Crippen LogP contribution in [0.4, 0.5) is 5.69 Å². The Hall–Kier alpha value is -0.780. The van der Waals surface area contributed by atoms with Gasteiger partial charge in [0.05, 0.1) is 5.02 Å². The van der Waals surface area contributed by atoms with Crippen molar-refractivity contribution in [1.82, 2.24) is 4.72 Å². The second-order valence-corrected chi connectivity index (χ2v) is 5.68. The number of sulfonamides is 1. The first-order valence-electron chi connectivity index (χ1n) is 4.93. The van der Waals surface area contributed by atoms with E-state index in [1.165, 1.54) is 6.07 Å². The van der Waals surface area contributed by atoms with Crippen molar-refractivity contribution in [3.63, 3.8) is 0 Å². The quantitative estimate of drug-likeness (QED) is 0.815. The van der Waals surface area contributed by atoms with E-state index in [1.807, 2.05) is 6.92 Å². The van der Waals surface area contributed by atoms with Crippen LogP contribution in [-0.4, -0.2) is 15.0 Å². The molecule has 0 aliphatic heterocycles. The fourth-order valence-corrected chi connectivity index (χ4v) is 2.94. The van der Waals surface area contributed by atoms with Crippen LogP contribution in [0, 0.1) is 6.92 Å². The molecule has 0 aliphatic rings. The molecule has 1 rings (SSSR count). The molecular formula is C10H15ClN2O2S. The van der Waals surface area contributed by atoms with Crippen molar-refractivity contribution in [3.8, 4) is 0 Å². The summed E-state index contributed by atoms with van der Waals surface area (Å²) in [5.74, 6) is 0. The third-order valence-corrected chi connectivity index (χ3v) is 4.08. The summed E-state index contributed by atoms with van der Waals surface area (Å²) in [6, 6.07) is 2.94. The van der Waals surface area contributed by atoms with E-state index in [0.717, 1.165) is 12.0 Å². The number of rotatable bonds is 4. The van der Waals surface area contributed by atoms with Gasteiger partial charge in [-0.3, -0.25) is 0 Å². The van der Waals surface area contributed by atoms with Crippen LogP contribution in [-0.2, 0) is 10.0 Å². The molecular weight excluding hydrogens is 248 g/mol. The molecule has 90 valence electrons. The largest absolute Gasteiger partial charge is 0.398 e. The summed E-state index contributed by atoms with van der Waals surface area (Å²) in [6.07, 6.45) is 0.720. The highest BCUT2D eigenvalue weighted by Crippen LogP contribution is 2.26. The van der Waals surface area contributed by atoms with Gasteiger partial charge < -0.3 is 5.73 Å². The number of benzene rings is 1. The van der Waals surface area contributed by atoms with E-state index in [1.54, 1.807) is 13.0 Å². The number of nitrogens with two attached hydrogens (primary N) is 1. The zero-order chi connectivity index (χ0) is 12.3. The molecule has 0 bridgehead atoms. The second kappa shape index (κ2) is 5.03. The van der Waals surface area contributed by atoms with Crippen molar-refractivity contribution in [3.05, 3.63) is 22.7 Å². The van der Waals surface area contributed by atoms with Crippen molar-refractivity contribution < 1.29 is 8.42 Å². The number of halogens is 1. The molecule has 0 aromatic heterocycles. The maximum Gasteiger partial charge on any atom is 0.242 e. The van der Waals surface area contributed by atoms with E-state index >= 15 is 0 Å². The Bertz CT molecular complexity index is 486. The lowest BCUT2D eigenvalue weighted by Crippen LogP contribution is -2.24. The fourth-order valence-electron chi connectivity index (χ4n) is 1.19. The van der Waals surface area contributed by atoms with Gasteiger partial charge >= 0.3 is 0 Å². The van der Waals surface area contributed by atoms with Crippen LogP contribution in [0.25, 0.3) is 0 Å². The highest BCUT2D eigenvalue weighted by molar-refractivity contribution is 7.89. The zero-order valence-corrected chi connectivity index (χ0v) is 10.8. The molecule has 1 aromatic carbocycles. The zero-order valence-electron chi connectivity index (χ0n) is 9.25. The third-order valence-electron chi connectivity index (χ3n) is 2.15. The van der Waals surface area contributed by atoms with Gasteiger partial charge in [-0.05, 0) is 31.0 Å². The summed E-state index contributed by atoms with van der Waals surface area (Å²) in [4.78, 5) is 0.0331. The Balaban J connectivity index is 3.18. The average molecular weight is 263 g/mol. The van der Waals surface area contributed by atoms with Gasteiger partial charge in [0.25, 0.3) is 0 Å². The highest BCUT2D eigenvalue weighted by atomic mass is 35.5. The van der Waals surface area contributed by atoms with Crippen molar-refractivity contribution in [2.75, 3.05) is 12.3 Å². The Morgan fingerprint density at radius 2 is 2.06 bits per heavy atom.